The van der Waals surface area contributed by atoms with Gasteiger partial charge in [-0.1, -0.05) is 35.9 Å². The molecule has 2 aromatic heterocycles. The fraction of sp³-hybridized carbons (Fsp3) is 0.217. The maximum Gasteiger partial charge on any atom is 0.289 e. The number of amides is 1. The molecule has 29 heavy (non-hydrogen) atoms. The molecule has 1 fully saturated rings. The molecule has 2 aromatic carbocycles. The number of rotatable bonds is 3. The van der Waals surface area contributed by atoms with Crippen molar-refractivity contribution in [3.05, 3.63) is 76.5 Å². The van der Waals surface area contributed by atoms with Gasteiger partial charge in [-0.2, -0.15) is 0 Å². The molecule has 5 rings (SSSR count). The SMILES string of the molecule is O=C(c1ccc(-c2ccccc2Cl)o1)N1CCC(c2nc3ccccc3s2)CC1. The number of halogens is 1. The highest BCUT2D eigenvalue weighted by atomic mass is 35.5. The molecule has 0 saturated carbocycles. The lowest BCUT2D eigenvalue weighted by Gasteiger charge is -2.30. The summed E-state index contributed by atoms with van der Waals surface area (Å²) in [6.45, 7) is 1.42. The number of hydrogen-bond donors (Lipinski definition) is 0. The molecule has 1 aliphatic heterocycles. The third-order valence-corrected chi connectivity index (χ3v) is 6.93. The Labute approximate surface area is 177 Å². The molecule has 4 aromatic rings. The monoisotopic (exact) mass is 422 g/mol. The lowest BCUT2D eigenvalue weighted by molar-refractivity contribution is 0.0681. The molecule has 0 atom stereocenters. The van der Waals surface area contributed by atoms with Crippen molar-refractivity contribution >= 4 is 39.1 Å². The molecule has 0 aliphatic carbocycles. The summed E-state index contributed by atoms with van der Waals surface area (Å²) in [5.74, 6) is 1.32. The number of likely N-dealkylation sites (tertiary alicyclic amines) is 1. The number of thiazole rings is 1. The summed E-state index contributed by atoms with van der Waals surface area (Å²) >= 11 is 8.01. The summed E-state index contributed by atoms with van der Waals surface area (Å²) in [5, 5.41) is 1.79. The Bertz CT molecular complexity index is 1140. The number of furan rings is 1. The van der Waals surface area contributed by atoms with Crippen LogP contribution in [0.3, 0.4) is 0 Å². The lowest BCUT2D eigenvalue weighted by Crippen LogP contribution is -2.37. The summed E-state index contributed by atoms with van der Waals surface area (Å²) in [7, 11) is 0. The molecule has 0 unspecified atom stereocenters. The lowest BCUT2D eigenvalue weighted by atomic mass is 9.97. The van der Waals surface area contributed by atoms with Gasteiger partial charge in [0.15, 0.2) is 5.76 Å². The number of fused-ring (bicyclic) bond motifs is 1. The van der Waals surface area contributed by atoms with Gasteiger partial charge in [0.05, 0.1) is 20.2 Å². The average Bonchev–Trinajstić information content (AvgIpc) is 3.41. The fourth-order valence-electron chi connectivity index (χ4n) is 3.81. The maximum atomic E-state index is 12.9. The van der Waals surface area contributed by atoms with Crippen molar-refractivity contribution in [2.24, 2.45) is 0 Å². The minimum absolute atomic E-state index is 0.0638. The van der Waals surface area contributed by atoms with Crippen LogP contribution < -0.4 is 0 Å². The molecule has 0 radical (unpaired) electrons. The van der Waals surface area contributed by atoms with Gasteiger partial charge in [-0.25, -0.2) is 4.98 Å². The number of carbonyl (C=O) groups is 1. The fourth-order valence-corrected chi connectivity index (χ4v) is 5.17. The molecule has 4 nitrogen and oxygen atoms in total. The van der Waals surface area contributed by atoms with Crippen molar-refractivity contribution in [1.82, 2.24) is 9.88 Å². The van der Waals surface area contributed by atoms with Gasteiger partial charge in [-0.15, -0.1) is 11.3 Å². The highest BCUT2D eigenvalue weighted by molar-refractivity contribution is 7.18. The Morgan fingerprint density at radius 2 is 1.79 bits per heavy atom. The number of aromatic nitrogens is 1. The third-order valence-electron chi connectivity index (χ3n) is 5.40. The number of carbonyl (C=O) groups excluding carboxylic acids is 1. The quantitative estimate of drug-likeness (QED) is 0.393. The van der Waals surface area contributed by atoms with Gasteiger partial charge >= 0.3 is 0 Å². The van der Waals surface area contributed by atoms with Crippen molar-refractivity contribution in [2.75, 3.05) is 13.1 Å². The summed E-state index contributed by atoms with van der Waals surface area (Å²) < 4.78 is 7.06. The van der Waals surface area contributed by atoms with E-state index in [4.69, 9.17) is 21.0 Å². The molecule has 0 spiro atoms. The van der Waals surface area contributed by atoms with Gasteiger partial charge in [-0.05, 0) is 49.2 Å². The second-order valence-electron chi connectivity index (χ2n) is 7.23. The van der Waals surface area contributed by atoms with Gasteiger partial charge in [0, 0.05) is 24.6 Å². The van der Waals surface area contributed by atoms with E-state index in [0.29, 0.717) is 35.6 Å². The van der Waals surface area contributed by atoms with Gasteiger partial charge in [0.2, 0.25) is 0 Å². The Morgan fingerprint density at radius 3 is 2.59 bits per heavy atom. The smallest absolute Gasteiger partial charge is 0.289 e. The highest BCUT2D eigenvalue weighted by Gasteiger charge is 2.28. The second-order valence-corrected chi connectivity index (χ2v) is 8.70. The van der Waals surface area contributed by atoms with Crippen molar-refractivity contribution in [3.8, 4) is 11.3 Å². The Kier molecular flexibility index (Phi) is 4.86. The van der Waals surface area contributed by atoms with Crippen LogP contribution in [0.15, 0.2) is 65.1 Å². The van der Waals surface area contributed by atoms with Gasteiger partial charge < -0.3 is 9.32 Å². The van der Waals surface area contributed by atoms with Crippen LogP contribution in [-0.4, -0.2) is 28.9 Å². The van der Waals surface area contributed by atoms with E-state index < -0.39 is 0 Å². The van der Waals surface area contributed by atoms with Crippen LogP contribution in [-0.2, 0) is 0 Å². The van der Waals surface area contributed by atoms with E-state index in [0.717, 1.165) is 23.9 Å². The van der Waals surface area contributed by atoms with Crippen LogP contribution in [0.4, 0.5) is 0 Å². The van der Waals surface area contributed by atoms with Crippen LogP contribution in [0.2, 0.25) is 5.02 Å². The minimum atomic E-state index is -0.0638. The predicted molar refractivity (Wildman–Crippen MR) is 117 cm³/mol. The molecule has 146 valence electrons. The summed E-state index contributed by atoms with van der Waals surface area (Å²) in [6.07, 6.45) is 1.84. The first-order valence-electron chi connectivity index (χ1n) is 9.68. The molecular weight excluding hydrogens is 404 g/mol. The number of para-hydroxylation sites is 1. The predicted octanol–water partition coefficient (Wildman–Crippen LogP) is 6.23. The first kappa shape index (κ1) is 18.4. The van der Waals surface area contributed by atoms with Crippen LogP contribution in [0.25, 0.3) is 21.5 Å². The van der Waals surface area contributed by atoms with Gasteiger partial charge in [-0.3, -0.25) is 4.79 Å². The first-order chi connectivity index (χ1) is 14.2. The number of benzene rings is 2. The topological polar surface area (TPSA) is 46.3 Å². The number of piperidine rings is 1. The normalized spacial score (nSPS) is 15.1. The van der Waals surface area contributed by atoms with Crippen molar-refractivity contribution in [2.45, 2.75) is 18.8 Å². The standard InChI is InChI=1S/C23H19ClN2O2S/c24-17-6-2-1-5-16(17)19-9-10-20(28-19)23(27)26-13-11-15(12-14-26)22-25-18-7-3-4-8-21(18)29-22/h1-10,15H,11-14H2. The van der Waals surface area contributed by atoms with Gasteiger partial charge in [0.25, 0.3) is 5.91 Å². The van der Waals surface area contributed by atoms with E-state index in [1.165, 1.54) is 9.71 Å². The third kappa shape index (κ3) is 3.56. The zero-order valence-corrected chi connectivity index (χ0v) is 17.2. The largest absolute Gasteiger partial charge is 0.451 e. The van der Waals surface area contributed by atoms with E-state index in [9.17, 15) is 4.79 Å². The molecule has 1 aliphatic rings. The van der Waals surface area contributed by atoms with Crippen LogP contribution in [0.1, 0.15) is 34.3 Å². The van der Waals surface area contributed by atoms with Crippen molar-refractivity contribution < 1.29 is 9.21 Å². The Hall–Kier alpha value is -2.63. The summed E-state index contributed by atoms with van der Waals surface area (Å²) in [6, 6.07) is 19.3. The molecule has 6 heteroatoms. The molecular formula is C23H19ClN2O2S. The average molecular weight is 423 g/mol. The second kappa shape index (κ2) is 7.65. The van der Waals surface area contributed by atoms with E-state index in [-0.39, 0.29) is 5.91 Å². The van der Waals surface area contributed by atoms with Gasteiger partial charge in [0.1, 0.15) is 5.76 Å². The van der Waals surface area contributed by atoms with E-state index in [1.54, 1.807) is 17.4 Å². The first-order valence-corrected chi connectivity index (χ1v) is 10.9. The highest BCUT2D eigenvalue weighted by Crippen LogP contribution is 2.35. The van der Waals surface area contributed by atoms with Crippen LogP contribution >= 0.6 is 22.9 Å². The van der Waals surface area contributed by atoms with E-state index in [1.807, 2.05) is 47.4 Å². The molecule has 3 heterocycles. The molecule has 0 N–H and O–H groups in total. The van der Waals surface area contributed by atoms with Crippen molar-refractivity contribution in [3.63, 3.8) is 0 Å². The summed E-state index contributed by atoms with van der Waals surface area (Å²) in [4.78, 5) is 19.6. The van der Waals surface area contributed by atoms with E-state index >= 15 is 0 Å². The Balaban J connectivity index is 1.27. The Morgan fingerprint density at radius 1 is 1.03 bits per heavy atom. The van der Waals surface area contributed by atoms with Crippen molar-refractivity contribution in [1.29, 1.82) is 0 Å². The van der Waals surface area contributed by atoms with Crippen LogP contribution in [0.5, 0.6) is 0 Å². The number of nitrogens with zero attached hydrogens (tertiary/aromatic N) is 2. The minimum Gasteiger partial charge on any atom is -0.451 e. The number of hydrogen-bond acceptors (Lipinski definition) is 4. The molecule has 1 amide bonds. The zero-order chi connectivity index (χ0) is 19.8. The zero-order valence-electron chi connectivity index (χ0n) is 15.7. The summed E-state index contributed by atoms with van der Waals surface area (Å²) in [5.41, 5.74) is 1.86. The van der Waals surface area contributed by atoms with E-state index in [2.05, 4.69) is 12.1 Å². The maximum absolute atomic E-state index is 12.9. The molecule has 0 bridgehead atoms. The molecule has 1 saturated heterocycles. The van der Waals surface area contributed by atoms with Crippen LogP contribution in [0, 0.1) is 0 Å².